The number of aliphatic carboxylic acids is 1. The van der Waals surface area contributed by atoms with Crippen LogP contribution >= 0.6 is 11.8 Å². The monoisotopic (exact) mass is 347 g/mol. The zero-order valence-electron chi connectivity index (χ0n) is 13.4. The van der Waals surface area contributed by atoms with E-state index >= 15 is 0 Å². The molecule has 0 aliphatic rings. The van der Waals surface area contributed by atoms with Crippen LogP contribution in [0.5, 0.6) is 5.75 Å². The third-order valence-electron chi connectivity index (χ3n) is 3.37. The quantitative estimate of drug-likeness (QED) is 0.506. The van der Waals surface area contributed by atoms with Crippen LogP contribution < -0.4 is 10.5 Å². The average molecular weight is 347 g/mol. The summed E-state index contributed by atoms with van der Waals surface area (Å²) < 4.78 is 5.63. The van der Waals surface area contributed by atoms with Gasteiger partial charge in [0.2, 0.25) is 0 Å². The molecule has 0 bridgehead atoms. The molecule has 1 heterocycles. The number of carboxylic acid groups (broad SMARTS) is 1. The molecule has 24 heavy (non-hydrogen) atoms. The number of thioether (sulfide) groups is 1. The number of hydrogen-bond donors (Lipinski definition) is 2. The Morgan fingerprint density at radius 1 is 1.42 bits per heavy atom. The topological polar surface area (TPSA) is 97.8 Å². The molecule has 1 aromatic carbocycles. The molecule has 0 spiro atoms. The normalized spacial score (nSPS) is 12.0. The molecule has 6 nitrogen and oxygen atoms in total. The Morgan fingerprint density at radius 2 is 2.25 bits per heavy atom. The number of carboxylic acids is 1. The number of ether oxygens (including phenoxy) is 1. The minimum atomic E-state index is -0.953. The van der Waals surface area contributed by atoms with Gasteiger partial charge in [0.25, 0.3) is 0 Å². The summed E-state index contributed by atoms with van der Waals surface area (Å²) in [6, 6.07) is 8.93. The zero-order valence-corrected chi connectivity index (χ0v) is 14.2. The summed E-state index contributed by atoms with van der Waals surface area (Å²) in [5.74, 6) is 0.864. The third kappa shape index (κ3) is 5.21. The molecular formula is C17H21N3O3S. The van der Waals surface area contributed by atoms with Gasteiger partial charge in [0, 0.05) is 16.9 Å². The van der Waals surface area contributed by atoms with Crippen molar-refractivity contribution in [3.05, 3.63) is 36.0 Å². The minimum absolute atomic E-state index is 0.381. The van der Waals surface area contributed by atoms with Gasteiger partial charge in [-0.25, -0.2) is 4.79 Å². The van der Waals surface area contributed by atoms with Gasteiger partial charge in [-0.2, -0.15) is 11.8 Å². The fraction of sp³-hybridized carbons (Fsp3) is 0.353. The van der Waals surface area contributed by atoms with E-state index in [0.29, 0.717) is 24.7 Å². The molecule has 0 saturated carbocycles. The SMILES string of the molecule is C=NC(CSCc1ccc2cc(OCCCN)ccc2n1)C(=O)O. The summed E-state index contributed by atoms with van der Waals surface area (Å²) in [4.78, 5) is 19.1. The maximum Gasteiger partial charge on any atom is 0.329 e. The fourth-order valence-electron chi connectivity index (χ4n) is 2.07. The smallest absolute Gasteiger partial charge is 0.329 e. The summed E-state index contributed by atoms with van der Waals surface area (Å²) >= 11 is 1.48. The number of benzene rings is 1. The second-order valence-corrected chi connectivity index (χ2v) is 6.23. The molecule has 0 amide bonds. The van der Waals surface area contributed by atoms with Gasteiger partial charge < -0.3 is 15.6 Å². The lowest BCUT2D eigenvalue weighted by atomic mass is 10.2. The molecule has 2 rings (SSSR count). The van der Waals surface area contributed by atoms with E-state index in [-0.39, 0.29) is 0 Å². The van der Waals surface area contributed by atoms with E-state index < -0.39 is 12.0 Å². The van der Waals surface area contributed by atoms with Crippen molar-refractivity contribution in [3.8, 4) is 5.75 Å². The second-order valence-electron chi connectivity index (χ2n) is 5.20. The number of hydrogen-bond acceptors (Lipinski definition) is 6. The van der Waals surface area contributed by atoms with Crippen molar-refractivity contribution in [2.75, 3.05) is 18.9 Å². The van der Waals surface area contributed by atoms with E-state index in [9.17, 15) is 4.79 Å². The summed E-state index contributed by atoms with van der Waals surface area (Å²) in [6.07, 6.45) is 0.823. The van der Waals surface area contributed by atoms with Crippen LogP contribution in [0.1, 0.15) is 12.1 Å². The molecule has 3 N–H and O–H groups in total. The number of nitrogens with zero attached hydrogens (tertiary/aromatic N) is 2. The highest BCUT2D eigenvalue weighted by atomic mass is 32.2. The van der Waals surface area contributed by atoms with E-state index in [1.165, 1.54) is 11.8 Å². The van der Waals surface area contributed by atoms with Gasteiger partial charge in [0.15, 0.2) is 6.04 Å². The van der Waals surface area contributed by atoms with Crippen LogP contribution in [0.4, 0.5) is 0 Å². The molecule has 2 aromatic rings. The van der Waals surface area contributed by atoms with Crippen molar-refractivity contribution in [2.45, 2.75) is 18.2 Å². The number of aliphatic imine (C=N–C) groups is 1. The summed E-state index contributed by atoms with van der Waals surface area (Å²) in [5.41, 5.74) is 7.24. The number of carbonyl (C=O) groups is 1. The Labute approximate surface area is 145 Å². The minimum Gasteiger partial charge on any atom is -0.494 e. The van der Waals surface area contributed by atoms with Crippen LogP contribution in [0, 0.1) is 0 Å². The molecule has 1 unspecified atom stereocenters. The zero-order chi connectivity index (χ0) is 17.4. The number of fused-ring (bicyclic) bond motifs is 1. The van der Waals surface area contributed by atoms with E-state index in [2.05, 4.69) is 16.7 Å². The van der Waals surface area contributed by atoms with Crippen molar-refractivity contribution in [1.82, 2.24) is 4.98 Å². The lowest BCUT2D eigenvalue weighted by molar-refractivity contribution is -0.137. The highest BCUT2D eigenvalue weighted by Gasteiger charge is 2.14. The van der Waals surface area contributed by atoms with Gasteiger partial charge in [-0.3, -0.25) is 9.98 Å². The van der Waals surface area contributed by atoms with Crippen LogP contribution in [0.15, 0.2) is 35.3 Å². The van der Waals surface area contributed by atoms with Crippen molar-refractivity contribution >= 4 is 35.4 Å². The number of nitrogens with two attached hydrogens (primary N) is 1. The Bertz CT molecular complexity index is 709. The van der Waals surface area contributed by atoms with Gasteiger partial charge in [-0.15, -0.1) is 0 Å². The highest BCUT2D eigenvalue weighted by Crippen LogP contribution is 2.22. The van der Waals surface area contributed by atoms with Crippen molar-refractivity contribution < 1.29 is 14.6 Å². The van der Waals surface area contributed by atoms with Crippen LogP contribution in [0.3, 0.4) is 0 Å². The molecule has 7 heteroatoms. The molecule has 0 saturated heterocycles. The number of pyridine rings is 1. The first-order valence-electron chi connectivity index (χ1n) is 7.63. The Balaban J connectivity index is 1.97. The number of rotatable bonds is 10. The Hall–Kier alpha value is -2.12. The van der Waals surface area contributed by atoms with Gasteiger partial charge in [-0.05, 0) is 43.9 Å². The van der Waals surface area contributed by atoms with E-state index in [1.807, 2.05) is 30.3 Å². The predicted molar refractivity (Wildman–Crippen MR) is 98.0 cm³/mol. The van der Waals surface area contributed by atoms with Crippen molar-refractivity contribution in [1.29, 1.82) is 0 Å². The summed E-state index contributed by atoms with van der Waals surface area (Å²) in [6.45, 7) is 4.52. The fourth-order valence-corrected chi connectivity index (χ4v) is 3.03. The lowest BCUT2D eigenvalue weighted by Crippen LogP contribution is -2.20. The van der Waals surface area contributed by atoms with Crippen LogP contribution in [0.2, 0.25) is 0 Å². The van der Waals surface area contributed by atoms with Crippen LogP contribution in [0.25, 0.3) is 10.9 Å². The highest BCUT2D eigenvalue weighted by molar-refractivity contribution is 7.98. The standard InChI is InChI=1S/C17H21N3O3S/c1-19-16(17(21)22)11-24-10-13-4-3-12-9-14(23-8-2-7-18)5-6-15(12)20-13/h3-6,9,16H,1-2,7-8,10-11,18H2,(H,21,22). The molecule has 0 aliphatic carbocycles. The van der Waals surface area contributed by atoms with Gasteiger partial charge in [0.05, 0.1) is 17.8 Å². The predicted octanol–water partition coefficient (Wildman–Crippen LogP) is 2.35. The molecule has 0 aliphatic heterocycles. The molecule has 0 radical (unpaired) electrons. The third-order valence-corrected chi connectivity index (χ3v) is 4.42. The first kappa shape index (κ1) is 18.2. The van der Waals surface area contributed by atoms with Crippen molar-refractivity contribution in [2.24, 2.45) is 10.7 Å². The van der Waals surface area contributed by atoms with Gasteiger partial charge in [-0.1, -0.05) is 6.07 Å². The van der Waals surface area contributed by atoms with E-state index in [4.69, 9.17) is 15.6 Å². The van der Waals surface area contributed by atoms with Gasteiger partial charge >= 0.3 is 5.97 Å². The molecule has 0 fully saturated rings. The molecule has 1 atom stereocenters. The Morgan fingerprint density at radius 3 is 2.96 bits per heavy atom. The second kappa shape index (κ2) is 9.24. The average Bonchev–Trinajstić information content (AvgIpc) is 2.58. The largest absolute Gasteiger partial charge is 0.494 e. The van der Waals surface area contributed by atoms with Crippen molar-refractivity contribution in [3.63, 3.8) is 0 Å². The molecule has 1 aromatic heterocycles. The van der Waals surface area contributed by atoms with Crippen LogP contribution in [-0.2, 0) is 10.5 Å². The van der Waals surface area contributed by atoms with Crippen LogP contribution in [-0.4, -0.2) is 47.7 Å². The maximum atomic E-state index is 10.9. The van der Waals surface area contributed by atoms with E-state index in [1.54, 1.807) is 0 Å². The number of aromatic nitrogens is 1. The maximum absolute atomic E-state index is 10.9. The molecule has 128 valence electrons. The summed E-state index contributed by atoms with van der Waals surface area (Å²) in [7, 11) is 0. The summed E-state index contributed by atoms with van der Waals surface area (Å²) in [5, 5.41) is 9.94. The molecular weight excluding hydrogens is 326 g/mol. The van der Waals surface area contributed by atoms with Gasteiger partial charge in [0.1, 0.15) is 5.75 Å². The first-order valence-corrected chi connectivity index (χ1v) is 8.78. The van der Waals surface area contributed by atoms with E-state index in [0.717, 1.165) is 28.8 Å². The Kier molecular flexibility index (Phi) is 7.02. The lowest BCUT2D eigenvalue weighted by Gasteiger charge is -2.08. The first-order chi connectivity index (χ1) is 11.6.